The van der Waals surface area contributed by atoms with Gasteiger partial charge in [-0.2, -0.15) is 0 Å². The third-order valence-corrected chi connectivity index (χ3v) is 4.20. The van der Waals surface area contributed by atoms with Gasteiger partial charge in [-0.15, -0.1) is 0 Å². The van der Waals surface area contributed by atoms with Crippen LogP contribution in [0.2, 0.25) is 0 Å². The smallest absolute Gasteiger partial charge is 0.411 e. The number of benzene rings is 2. The first-order valence-electron chi connectivity index (χ1n) is 10.8. The molecule has 2 rings (SSSR count). The van der Waals surface area contributed by atoms with Crippen molar-refractivity contribution in [1.82, 2.24) is 5.32 Å². The van der Waals surface area contributed by atoms with E-state index in [-0.39, 0.29) is 45.8 Å². The summed E-state index contributed by atoms with van der Waals surface area (Å²) in [5, 5.41) is 5.02. The molecule has 182 valence electrons. The lowest BCUT2D eigenvalue weighted by Gasteiger charge is -2.09. The van der Waals surface area contributed by atoms with E-state index in [0.29, 0.717) is 12.1 Å². The minimum absolute atomic E-state index is 0.0448. The summed E-state index contributed by atoms with van der Waals surface area (Å²) < 4.78 is 19.8. The third kappa shape index (κ3) is 12.1. The Morgan fingerprint density at radius 1 is 0.647 bits per heavy atom. The SMILES string of the molecule is O=C(CCCNC(=O)OCCOC(=O)Cc1ccccc1)OCCOC(=O)Nc1ccccc1. The number of hydrogen-bond donors (Lipinski definition) is 2. The number of ether oxygens (including phenoxy) is 4. The fraction of sp³-hybridized carbons (Fsp3) is 0.333. The quantitative estimate of drug-likeness (QED) is 0.259. The fourth-order valence-electron chi connectivity index (χ4n) is 2.62. The normalized spacial score (nSPS) is 10.0. The Bertz CT molecular complexity index is 830. The summed E-state index contributed by atoms with van der Waals surface area (Å²) in [5.74, 6) is -0.886. The Labute approximate surface area is 197 Å². The average Bonchev–Trinajstić information content (AvgIpc) is 2.83. The van der Waals surface area contributed by atoms with Crippen molar-refractivity contribution < 1.29 is 38.1 Å². The van der Waals surface area contributed by atoms with E-state index >= 15 is 0 Å². The van der Waals surface area contributed by atoms with Gasteiger partial charge in [0.05, 0.1) is 6.42 Å². The molecule has 2 N–H and O–H groups in total. The van der Waals surface area contributed by atoms with Gasteiger partial charge in [0.2, 0.25) is 0 Å². The van der Waals surface area contributed by atoms with E-state index < -0.39 is 24.1 Å². The number of esters is 2. The van der Waals surface area contributed by atoms with Crippen LogP contribution in [0.5, 0.6) is 0 Å². The minimum Gasteiger partial charge on any atom is -0.462 e. The van der Waals surface area contributed by atoms with Crippen molar-refractivity contribution in [2.45, 2.75) is 19.3 Å². The van der Waals surface area contributed by atoms with E-state index in [2.05, 4.69) is 10.6 Å². The zero-order valence-corrected chi connectivity index (χ0v) is 18.7. The highest BCUT2D eigenvalue weighted by atomic mass is 16.6. The predicted octanol–water partition coefficient (Wildman–Crippen LogP) is 3.07. The summed E-state index contributed by atoms with van der Waals surface area (Å²) in [6, 6.07) is 18.0. The topological polar surface area (TPSA) is 129 Å². The lowest BCUT2D eigenvalue weighted by molar-refractivity contribution is -0.145. The van der Waals surface area contributed by atoms with Crippen LogP contribution in [0.1, 0.15) is 18.4 Å². The molecule has 0 aliphatic heterocycles. The summed E-state index contributed by atoms with van der Waals surface area (Å²) in [6.07, 6.45) is -0.750. The maximum atomic E-state index is 11.7. The molecule has 0 fully saturated rings. The van der Waals surface area contributed by atoms with E-state index in [0.717, 1.165) is 5.56 Å². The Kier molecular flexibility index (Phi) is 12.1. The van der Waals surface area contributed by atoms with Crippen LogP contribution in [0.4, 0.5) is 15.3 Å². The molecule has 0 saturated carbocycles. The number of hydrogen-bond acceptors (Lipinski definition) is 8. The molecule has 0 aliphatic rings. The highest BCUT2D eigenvalue weighted by Gasteiger charge is 2.08. The highest BCUT2D eigenvalue weighted by Crippen LogP contribution is 2.05. The summed E-state index contributed by atoms with van der Waals surface area (Å²) in [7, 11) is 0. The molecule has 2 amide bonds. The molecular weight excluding hydrogens is 444 g/mol. The molecule has 10 heteroatoms. The van der Waals surface area contributed by atoms with Crippen LogP contribution in [-0.4, -0.2) is 57.1 Å². The van der Waals surface area contributed by atoms with Crippen LogP contribution >= 0.6 is 0 Å². The van der Waals surface area contributed by atoms with E-state index in [4.69, 9.17) is 18.9 Å². The Balaban J connectivity index is 1.41. The summed E-state index contributed by atoms with van der Waals surface area (Å²) in [5.41, 5.74) is 1.44. The zero-order valence-electron chi connectivity index (χ0n) is 18.7. The molecule has 10 nitrogen and oxygen atoms in total. The van der Waals surface area contributed by atoms with Crippen molar-refractivity contribution in [3.8, 4) is 0 Å². The zero-order chi connectivity index (χ0) is 24.4. The van der Waals surface area contributed by atoms with Crippen LogP contribution in [0.15, 0.2) is 60.7 Å². The van der Waals surface area contributed by atoms with Gasteiger partial charge in [0.15, 0.2) is 0 Å². The summed E-state index contributed by atoms with van der Waals surface area (Å²) in [4.78, 5) is 46.5. The number of nitrogens with one attached hydrogen (secondary N) is 2. The lowest BCUT2D eigenvalue weighted by atomic mass is 10.2. The molecule has 0 saturated heterocycles. The monoisotopic (exact) mass is 472 g/mol. The van der Waals surface area contributed by atoms with Crippen molar-refractivity contribution in [2.24, 2.45) is 0 Å². The van der Waals surface area contributed by atoms with Crippen LogP contribution in [-0.2, 0) is 35.0 Å². The van der Waals surface area contributed by atoms with Gasteiger partial charge in [-0.25, -0.2) is 9.59 Å². The van der Waals surface area contributed by atoms with Gasteiger partial charge < -0.3 is 24.3 Å². The molecule has 0 aromatic heterocycles. The molecule has 0 atom stereocenters. The first-order valence-corrected chi connectivity index (χ1v) is 10.8. The van der Waals surface area contributed by atoms with Gasteiger partial charge >= 0.3 is 24.1 Å². The maximum Gasteiger partial charge on any atom is 0.411 e. The largest absolute Gasteiger partial charge is 0.462 e. The van der Waals surface area contributed by atoms with Gasteiger partial charge in [0.25, 0.3) is 0 Å². The van der Waals surface area contributed by atoms with Gasteiger partial charge in [-0.3, -0.25) is 14.9 Å². The number of anilines is 1. The predicted molar refractivity (Wildman–Crippen MR) is 122 cm³/mol. The van der Waals surface area contributed by atoms with Crippen molar-refractivity contribution >= 4 is 29.8 Å². The second kappa shape index (κ2) is 15.7. The van der Waals surface area contributed by atoms with Gasteiger partial charge in [-0.1, -0.05) is 48.5 Å². The first-order chi connectivity index (χ1) is 16.5. The van der Waals surface area contributed by atoms with Gasteiger partial charge in [0, 0.05) is 18.7 Å². The molecule has 0 unspecified atom stereocenters. The molecule has 0 bridgehead atoms. The number of para-hydroxylation sites is 1. The standard InChI is InChI=1S/C24H28N2O8/c27-21(31-14-17-34-24(30)26-20-10-5-2-6-11-20)12-7-13-25-23(29)33-16-15-32-22(28)18-19-8-3-1-4-9-19/h1-6,8-11H,7,12-18H2,(H,25,29)(H,26,30). The van der Waals surface area contributed by atoms with Crippen LogP contribution < -0.4 is 10.6 Å². The number of amides is 2. The van der Waals surface area contributed by atoms with Crippen LogP contribution in [0.25, 0.3) is 0 Å². The van der Waals surface area contributed by atoms with E-state index in [1.54, 1.807) is 24.3 Å². The Morgan fingerprint density at radius 3 is 1.88 bits per heavy atom. The molecule has 34 heavy (non-hydrogen) atoms. The molecule has 2 aromatic carbocycles. The first kappa shape index (κ1) is 26.2. The van der Waals surface area contributed by atoms with E-state index in [9.17, 15) is 19.2 Å². The number of alkyl carbamates (subject to hydrolysis) is 1. The van der Waals surface area contributed by atoms with E-state index in [1.165, 1.54) is 0 Å². The third-order valence-electron chi connectivity index (χ3n) is 4.20. The minimum atomic E-state index is -0.676. The van der Waals surface area contributed by atoms with Crippen LogP contribution in [0, 0.1) is 0 Å². The second-order valence-corrected chi connectivity index (χ2v) is 6.90. The van der Waals surface area contributed by atoms with Crippen molar-refractivity contribution in [1.29, 1.82) is 0 Å². The molecule has 0 heterocycles. The fourth-order valence-corrected chi connectivity index (χ4v) is 2.62. The Morgan fingerprint density at radius 2 is 1.21 bits per heavy atom. The summed E-state index contributed by atoms with van der Waals surface area (Å²) >= 11 is 0. The van der Waals surface area contributed by atoms with Crippen LogP contribution in [0.3, 0.4) is 0 Å². The molecule has 0 spiro atoms. The van der Waals surface area contributed by atoms with Gasteiger partial charge in [-0.05, 0) is 24.1 Å². The number of rotatable bonds is 13. The number of carbonyl (C=O) groups excluding carboxylic acids is 4. The summed E-state index contributed by atoms with van der Waals surface area (Å²) in [6.45, 7) is -0.0643. The van der Waals surface area contributed by atoms with E-state index in [1.807, 2.05) is 36.4 Å². The van der Waals surface area contributed by atoms with Crippen molar-refractivity contribution in [3.05, 3.63) is 66.2 Å². The molecule has 0 aliphatic carbocycles. The lowest BCUT2D eigenvalue weighted by Crippen LogP contribution is -2.27. The molecule has 2 aromatic rings. The molecule has 0 radical (unpaired) electrons. The molecular formula is C24H28N2O8. The number of carbonyl (C=O) groups is 4. The average molecular weight is 472 g/mol. The highest BCUT2D eigenvalue weighted by molar-refractivity contribution is 5.84. The Hall–Kier alpha value is -4.08. The van der Waals surface area contributed by atoms with Crippen molar-refractivity contribution in [2.75, 3.05) is 38.3 Å². The van der Waals surface area contributed by atoms with Gasteiger partial charge in [0.1, 0.15) is 26.4 Å². The maximum absolute atomic E-state index is 11.7. The second-order valence-electron chi connectivity index (χ2n) is 6.90. The van der Waals surface area contributed by atoms with Crippen molar-refractivity contribution in [3.63, 3.8) is 0 Å².